The molecule has 0 aliphatic carbocycles. The van der Waals surface area contributed by atoms with Gasteiger partial charge in [-0.1, -0.05) is 18.2 Å². The lowest BCUT2D eigenvalue weighted by molar-refractivity contribution is 1.41. The van der Waals surface area contributed by atoms with Crippen LogP contribution in [-0.4, -0.2) is 5.16 Å². The van der Waals surface area contributed by atoms with Crippen molar-refractivity contribution in [2.75, 3.05) is 0 Å². The van der Waals surface area contributed by atoms with E-state index < -0.39 is 0 Å². The number of hydrogen-bond donors (Lipinski definition) is 0. The van der Waals surface area contributed by atoms with E-state index in [4.69, 9.17) is 0 Å². The third kappa shape index (κ3) is 1.76. The average Bonchev–Trinajstić information content (AvgIpc) is 1.91. The Hall–Kier alpha value is -0.980. The quantitative estimate of drug-likeness (QED) is 0.422. The Kier molecular flexibility index (Phi) is 2.13. The van der Waals surface area contributed by atoms with E-state index in [1.165, 1.54) is 0 Å². The number of para-hydroxylation sites is 1. The molecule has 0 saturated carbocycles. The summed E-state index contributed by atoms with van der Waals surface area (Å²) in [5.74, 6) is 0. The highest BCUT2D eigenvalue weighted by Crippen LogP contribution is 2.00. The minimum absolute atomic E-state index is 0.854. The Morgan fingerprint density at radius 3 is 2.44 bits per heavy atom. The zero-order valence-corrected chi connectivity index (χ0v) is 5.56. The third-order valence-corrected chi connectivity index (χ3v) is 1.02. The summed E-state index contributed by atoms with van der Waals surface area (Å²) in [4.78, 5) is 3.77. The van der Waals surface area contributed by atoms with E-state index in [0.29, 0.717) is 0 Å². The van der Waals surface area contributed by atoms with Gasteiger partial charge in [-0.15, -0.1) is 0 Å². The fourth-order valence-electron chi connectivity index (χ4n) is 0.555. The number of nitrogens with zero attached hydrogens (tertiary/aromatic N) is 1. The Morgan fingerprint density at radius 1 is 1.22 bits per heavy atom. The van der Waals surface area contributed by atoms with Gasteiger partial charge in [0.2, 0.25) is 0 Å². The topological polar surface area (TPSA) is 14.1 Å². The first-order valence-electron chi connectivity index (χ1n) is 2.56. The SMILES string of the molecule is S=C=[N+]c1ccccc1. The fourth-order valence-corrected chi connectivity index (χ4v) is 0.661. The molecule has 0 fully saturated rings. The van der Waals surface area contributed by atoms with Gasteiger partial charge in [-0.05, 0) is 0 Å². The van der Waals surface area contributed by atoms with Gasteiger partial charge in [-0.25, -0.2) is 0 Å². The predicted molar refractivity (Wildman–Crippen MR) is 40.8 cm³/mol. The van der Waals surface area contributed by atoms with Crippen LogP contribution in [0.4, 0.5) is 5.69 Å². The fraction of sp³-hybridized carbons (Fsp3) is 0. The molecule has 1 rings (SSSR count). The Morgan fingerprint density at radius 2 is 1.89 bits per heavy atom. The Bertz CT molecular complexity index is 224. The van der Waals surface area contributed by atoms with Crippen molar-refractivity contribution in [3.63, 3.8) is 0 Å². The van der Waals surface area contributed by atoms with Crippen molar-refractivity contribution in [3.05, 3.63) is 30.3 Å². The van der Waals surface area contributed by atoms with Crippen molar-refractivity contribution < 1.29 is 0 Å². The summed E-state index contributed by atoms with van der Waals surface area (Å²) < 4.78 is 0. The minimum atomic E-state index is 0.854. The Labute approximate surface area is 59.1 Å². The van der Waals surface area contributed by atoms with Gasteiger partial charge >= 0.3 is 5.16 Å². The van der Waals surface area contributed by atoms with Crippen LogP contribution in [0.3, 0.4) is 0 Å². The zero-order valence-electron chi connectivity index (χ0n) is 4.74. The van der Waals surface area contributed by atoms with Crippen molar-refractivity contribution in [1.82, 2.24) is 4.99 Å². The first-order valence-corrected chi connectivity index (χ1v) is 2.97. The molecule has 1 radical (unpaired) electrons. The molecule has 1 aromatic carbocycles. The molecule has 0 saturated heterocycles. The summed E-state index contributed by atoms with van der Waals surface area (Å²) >= 11 is 4.42. The van der Waals surface area contributed by atoms with Crippen LogP contribution in [0.15, 0.2) is 30.3 Å². The van der Waals surface area contributed by atoms with Crippen LogP contribution in [0.25, 0.3) is 0 Å². The van der Waals surface area contributed by atoms with Crippen molar-refractivity contribution >= 4 is 23.1 Å². The van der Waals surface area contributed by atoms with E-state index in [2.05, 4.69) is 22.4 Å². The second kappa shape index (κ2) is 3.13. The van der Waals surface area contributed by atoms with E-state index in [1.807, 2.05) is 30.3 Å². The van der Waals surface area contributed by atoms with Gasteiger partial charge in [-0.3, -0.25) is 0 Å². The lowest BCUT2D eigenvalue weighted by Crippen LogP contribution is -1.73. The van der Waals surface area contributed by atoms with Crippen molar-refractivity contribution in [3.8, 4) is 0 Å². The highest BCUT2D eigenvalue weighted by molar-refractivity contribution is 7.78. The van der Waals surface area contributed by atoms with Gasteiger partial charge in [0.25, 0.3) is 5.69 Å². The van der Waals surface area contributed by atoms with Crippen LogP contribution in [0.1, 0.15) is 0 Å². The van der Waals surface area contributed by atoms with Gasteiger partial charge in [0.15, 0.2) is 0 Å². The monoisotopic (exact) mass is 135 g/mol. The molecule has 0 aliphatic heterocycles. The molecule has 0 N–H and O–H groups in total. The maximum Gasteiger partial charge on any atom is 0.331 e. The summed E-state index contributed by atoms with van der Waals surface area (Å²) in [5, 5.41) is 2.29. The van der Waals surface area contributed by atoms with Gasteiger partial charge in [0, 0.05) is 12.1 Å². The minimum Gasteiger partial charge on any atom is -0.0618 e. The van der Waals surface area contributed by atoms with E-state index in [-0.39, 0.29) is 0 Å². The molecular weight excluding hydrogens is 130 g/mol. The summed E-state index contributed by atoms with van der Waals surface area (Å²) in [6.45, 7) is 0. The van der Waals surface area contributed by atoms with Gasteiger partial charge in [0.1, 0.15) is 4.99 Å². The van der Waals surface area contributed by atoms with Crippen molar-refractivity contribution in [1.29, 1.82) is 0 Å². The molecule has 0 unspecified atom stereocenters. The van der Waals surface area contributed by atoms with Crippen molar-refractivity contribution in [2.24, 2.45) is 0 Å². The number of hydrogen-bond acceptors (Lipinski definition) is 2. The largest absolute Gasteiger partial charge is 0.331 e. The van der Waals surface area contributed by atoms with Crippen LogP contribution in [-0.2, 0) is 0 Å². The molecule has 1 aromatic rings. The van der Waals surface area contributed by atoms with Crippen LogP contribution in [0, 0.1) is 0 Å². The van der Waals surface area contributed by atoms with E-state index >= 15 is 0 Å². The molecule has 0 aromatic heterocycles. The zero-order chi connectivity index (χ0) is 6.53. The number of benzene rings is 1. The third-order valence-electron chi connectivity index (χ3n) is 0.931. The van der Waals surface area contributed by atoms with Crippen LogP contribution in [0.2, 0.25) is 0 Å². The summed E-state index contributed by atoms with van der Waals surface area (Å²) in [6, 6.07) is 9.50. The highest BCUT2D eigenvalue weighted by Gasteiger charge is 1.94. The maximum atomic E-state index is 4.42. The molecule has 0 heterocycles. The predicted octanol–water partition coefficient (Wildman–Crippen LogP) is 1.76. The highest BCUT2D eigenvalue weighted by atomic mass is 32.1. The first kappa shape index (κ1) is 6.14. The van der Waals surface area contributed by atoms with Gasteiger partial charge in [0.05, 0.1) is 12.2 Å². The standard InChI is InChI=1S/C7H5NS/c9-6-8-7-4-2-1-3-5-7/h1-5H/q+1. The number of thiocarbonyl (C=S) groups is 1. The molecule has 0 bridgehead atoms. The molecule has 0 atom stereocenters. The normalized spacial score (nSPS) is 8.00. The molecule has 0 amide bonds. The average molecular weight is 135 g/mol. The van der Waals surface area contributed by atoms with Gasteiger partial charge in [-0.2, -0.15) is 0 Å². The number of isothiocyanates is 1. The van der Waals surface area contributed by atoms with Crippen LogP contribution < -0.4 is 4.99 Å². The molecule has 43 valence electrons. The first-order chi connectivity index (χ1) is 4.43. The lowest BCUT2D eigenvalue weighted by atomic mass is 10.3. The molecule has 0 spiro atoms. The summed E-state index contributed by atoms with van der Waals surface area (Å²) in [6.07, 6.45) is 0. The number of rotatable bonds is 1. The molecular formula is C7H5NS+. The lowest BCUT2D eigenvalue weighted by Gasteiger charge is -1.72. The summed E-state index contributed by atoms with van der Waals surface area (Å²) in [7, 11) is 0. The van der Waals surface area contributed by atoms with Crippen molar-refractivity contribution in [2.45, 2.75) is 0 Å². The molecule has 9 heavy (non-hydrogen) atoms. The second-order valence-electron chi connectivity index (χ2n) is 1.54. The molecule has 0 aliphatic rings. The molecule has 2 heteroatoms. The molecule has 1 nitrogen and oxygen atoms in total. The van der Waals surface area contributed by atoms with E-state index in [1.54, 1.807) is 0 Å². The van der Waals surface area contributed by atoms with E-state index in [0.717, 1.165) is 5.69 Å². The second-order valence-corrected chi connectivity index (χ2v) is 1.72. The Balaban J connectivity index is 2.97. The van der Waals surface area contributed by atoms with Crippen LogP contribution in [0.5, 0.6) is 0 Å². The maximum absolute atomic E-state index is 4.42. The van der Waals surface area contributed by atoms with Crippen LogP contribution >= 0.6 is 12.2 Å². The number of aliphatic imine (C=N–C) groups is 1. The summed E-state index contributed by atoms with van der Waals surface area (Å²) in [5.41, 5.74) is 0.854. The van der Waals surface area contributed by atoms with E-state index in [9.17, 15) is 0 Å². The van der Waals surface area contributed by atoms with Gasteiger partial charge < -0.3 is 0 Å². The smallest absolute Gasteiger partial charge is 0.0618 e.